The molecule has 2 N–H and O–H groups in total. The van der Waals surface area contributed by atoms with Gasteiger partial charge in [0.1, 0.15) is 0 Å². The smallest absolute Gasteiger partial charge is 0.0622 e. The molecule has 2 heterocycles. The van der Waals surface area contributed by atoms with Gasteiger partial charge in [0.15, 0.2) is 0 Å². The van der Waals surface area contributed by atoms with Gasteiger partial charge in [-0.05, 0) is 36.1 Å². The molecule has 1 aromatic carbocycles. The van der Waals surface area contributed by atoms with Crippen LogP contribution in [0.5, 0.6) is 0 Å². The molecule has 0 bridgehead atoms. The fraction of sp³-hybridized carbons (Fsp3) is 0.600. The summed E-state index contributed by atoms with van der Waals surface area (Å²) >= 11 is 2.05. The van der Waals surface area contributed by atoms with Crippen LogP contribution in [0.3, 0.4) is 0 Å². The molecule has 0 aliphatic carbocycles. The molecule has 1 fully saturated rings. The summed E-state index contributed by atoms with van der Waals surface area (Å²) in [5, 5.41) is 0. The van der Waals surface area contributed by atoms with Gasteiger partial charge in [0.05, 0.1) is 5.54 Å². The Bertz CT molecular complexity index is 426. The van der Waals surface area contributed by atoms with Crippen LogP contribution in [0.15, 0.2) is 24.3 Å². The summed E-state index contributed by atoms with van der Waals surface area (Å²) in [6.07, 6.45) is 2.44. The molecule has 3 heteroatoms. The molecule has 1 saturated heterocycles. The Morgan fingerprint density at radius 3 is 3.00 bits per heavy atom. The lowest BCUT2D eigenvalue weighted by Gasteiger charge is -2.46. The Hall–Kier alpha value is -0.670. The van der Waals surface area contributed by atoms with E-state index in [0.717, 1.165) is 19.0 Å². The average molecular weight is 262 g/mol. The first-order valence-corrected chi connectivity index (χ1v) is 8.04. The highest BCUT2D eigenvalue weighted by Crippen LogP contribution is 2.40. The maximum absolute atomic E-state index is 6.15. The molecule has 1 aromatic rings. The standard InChI is InChI=1S/C15H22N2S/c1-12-8-13-4-2-3-5-14(13)17(9-12)15(10-16)6-7-18-11-15/h2-5,12H,6-11,16H2,1H3. The predicted molar refractivity (Wildman–Crippen MR) is 80.4 cm³/mol. The predicted octanol–water partition coefficient (Wildman–Crippen LogP) is 2.52. The van der Waals surface area contributed by atoms with Gasteiger partial charge in [0.25, 0.3) is 0 Å². The number of benzene rings is 1. The van der Waals surface area contributed by atoms with E-state index < -0.39 is 0 Å². The highest BCUT2D eigenvalue weighted by molar-refractivity contribution is 7.99. The third-order valence-electron chi connectivity index (χ3n) is 4.38. The molecule has 2 unspecified atom stereocenters. The van der Waals surface area contributed by atoms with Gasteiger partial charge in [0, 0.05) is 24.5 Å². The molecule has 0 radical (unpaired) electrons. The van der Waals surface area contributed by atoms with E-state index in [1.807, 2.05) is 0 Å². The number of fused-ring (bicyclic) bond motifs is 1. The summed E-state index contributed by atoms with van der Waals surface area (Å²) < 4.78 is 0. The number of rotatable bonds is 2. The molecule has 18 heavy (non-hydrogen) atoms. The maximum atomic E-state index is 6.15. The van der Waals surface area contributed by atoms with Crippen LogP contribution in [-0.4, -0.2) is 30.1 Å². The van der Waals surface area contributed by atoms with Crippen molar-refractivity contribution in [1.82, 2.24) is 0 Å². The lowest BCUT2D eigenvalue weighted by Crippen LogP contribution is -2.57. The van der Waals surface area contributed by atoms with E-state index in [4.69, 9.17) is 5.73 Å². The van der Waals surface area contributed by atoms with E-state index in [9.17, 15) is 0 Å². The van der Waals surface area contributed by atoms with Gasteiger partial charge < -0.3 is 10.6 Å². The Morgan fingerprint density at radius 1 is 1.44 bits per heavy atom. The average Bonchev–Trinajstić information content (AvgIpc) is 2.87. The minimum absolute atomic E-state index is 0.204. The first-order valence-electron chi connectivity index (χ1n) is 6.88. The number of anilines is 1. The summed E-state index contributed by atoms with van der Waals surface area (Å²) in [5.41, 5.74) is 9.29. The van der Waals surface area contributed by atoms with Crippen LogP contribution in [0.25, 0.3) is 0 Å². The number of hydrogen-bond donors (Lipinski definition) is 1. The van der Waals surface area contributed by atoms with Crippen LogP contribution in [0, 0.1) is 5.92 Å². The third-order valence-corrected chi connectivity index (χ3v) is 5.61. The zero-order valence-corrected chi connectivity index (χ0v) is 11.9. The lowest BCUT2D eigenvalue weighted by atomic mass is 9.87. The lowest BCUT2D eigenvalue weighted by molar-refractivity contribution is 0.391. The SMILES string of the molecule is CC1Cc2ccccc2N(C2(CN)CCSC2)C1. The topological polar surface area (TPSA) is 29.3 Å². The van der Waals surface area contributed by atoms with E-state index >= 15 is 0 Å². The first-order chi connectivity index (χ1) is 8.75. The Kier molecular flexibility index (Phi) is 3.29. The Labute approximate surface area is 114 Å². The molecule has 2 atom stereocenters. The van der Waals surface area contributed by atoms with Crippen molar-refractivity contribution in [3.8, 4) is 0 Å². The molecular formula is C15H22N2S. The van der Waals surface area contributed by atoms with Crippen molar-refractivity contribution >= 4 is 17.4 Å². The molecule has 2 aliphatic rings. The highest BCUT2D eigenvalue weighted by Gasteiger charge is 2.41. The summed E-state index contributed by atoms with van der Waals surface area (Å²) in [6, 6.07) is 8.88. The fourth-order valence-electron chi connectivity index (χ4n) is 3.33. The van der Waals surface area contributed by atoms with Crippen LogP contribution < -0.4 is 10.6 Å². The van der Waals surface area contributed by atoms with Crippen molar-refractivity contribution in [3.05, 3.63) is 29.8 Å². The second-order valence-corrected chi connectivity index (χ2v) is 6.88. The molecule has 2 nitrogen and oxygen atoms in total. The van der Waals surface area contributed by atoms with Gasteiger partial charge in [-0.3, -0.25) is 0 Å². The number of thioether (sulfide) groups is 1. The van der Waals surface area contributed by atoms with E-state index in [0.29, 0.717) is 0 Å². The zero-order chi connectivity index (χ0) is 12.6. The second-order valence-electron chi connectivity index (χ2n) is 5.78. The van der Waals surface area contributed by atoms with Crippen molar-refractivity contribution in [3.63, 3.8) is 0 Å². The number of hydrogen-bond acceptors (Lipinski definition) is 3. The summed E-state index contributed by atoms with van der Waals surface area (Å²) in [7, 11) is 0. The second kappa shape index (κ2) is 4.78. The van der Waals surface area contributed by atoms with Crippen molar-refractivity contribution in [2.24, 2.45) is 11.7 Å². The van der Waals surface area contributed by atoms with Gasteiger partial charge in [-0.1, -0.05) is 25.1 Å². The quantitative estimate of drug-likeness (QED) is 0.888. The zero-order valence-electron chi connectivity index (χ0n) is 11.1. The van der Waals surface area contributed by atoms with E-state index in [2.05, 4.69) is 47.9 Å². The maximum Gasteiger partial charge on any atom is 0.0622 e. The highest BCUT2D eigenvalue weighted by atomic mass is 32.2. The normalized spacial score (nSPS) is 31.4. The minimum Gasteiger partial charge on any atom is -0.363 e. The van der Waals surface area contributed by atoms with Crippen LogP contribution in [0.1, 0.15) is 18.9 Å². The van der Waals surface area contributed by atoms with Crippen LogP contribution >= 0.6 is 11.8 Å². The van der Waals surface area contributed by atoms with Crippen molar-refractivity contribution in [2.45, 2.75) is 25.3 Å². The first kappa shape index (κ1) is 12.4. The van der Waals surface area contributed by atoms with Crippen LogP contribution in [0.2, 0.25) is 0 Å². The monoisotopic (exact) mass is 262 g/mol. The molecule has 0 amide bonds. The van der Waals surface area contributed by atoms with Crippen molar-refractivity contribution in [2.75, 3.05) is 29.5 Å². The fourth-order valence-corrected chi connectivity index (χ4v) is 4.79. The summed E-state index contributed by atoms with van der Waals surface area (Å²) in [6.45, 7) is 4.30. The molecule has 0 spiro atoms. The van der Waals surface area contributed by atoms with Crippen LogP contribution in [0.4, 0.5) is 5.69 Å². The van der Waals surface area contributed by atoms with Gasteiger partial charge >= 0.3 is 0 Å². The van der Waals surface area contributed by atoms with Crippen LogP contribution in [-0.2, 0) is 6.42 Å². The van der Waals surface area contributed by atoms with Crippen molar-refractivity contribution < 1.29 is 0 Å². The van der Waals surface area contributed by atoms with Gasteiger partial charge in [-0.15, -0.1) is 0 Å². The number of nitrogens with zero attached hydrogens (tertiary/aromatic N) is 1. The number of nitrogens with two attached hydrogens (primary N) is 1. The summed E-state index contributed by atoms with van der Waals surface area (Å²) in [4.78, 5) is 2.62. The van der Waals surface area contributed by atoms with Gasteiger partial charge in [-0.25, -0.2) is 0 Å². The molecular weight excluding hydrogens is 240 g/mol. The summed E-state index contributed by atoms with van der Waals surface area (Å²) in [5.74, 6) is 3.17. The van der Waals surface area contributed by atoms with Crippen molar-refractivity contribution in [1.29, 1.82) is 0 Å². The van der Waals surface area contributed by atoms with E-state index in [1.54, 1.807) is 0 Å². The molecule has 98 valence electrons. The number of para-hydroxylation sites is 1. The molecule has 0 saturated carbocycles. The Morgan fingerprint density at radius 2 is 2.28 bits per heavy atom. The van der Waals surface area contributed by atoms with E-state index in [-0.39, 0.29) is 5.54 Å². The minimum atomic E-state index is 0.204. The van der Waals surface area contributed by atoms with Gasteiger partial charge in [-0.2, -0.15) is 11.8 Å². The Balaban J connectivity index is 2.01. The van der Waals surface area contributed by atoms with E-state index in [1.165, 1.54) is 35.6 Å². The molecule has 3 rings (SSSR count). The van der Waals surface area contributed by atoms with Gasteiger partial charge in [0.2, 0.25) is 0 Å². The molecule has 0 aromatic heterocycles. The largest absolute Gasteiger partial charge is 0.363 e. The third kappa shape index (κ3) is 1.94. The molecule has 2 aliphatic heterocycles.